The Labute approximate surface area is 129 Å². The second-order valence-corrected chi connectivity index (χ2v) is 6.09. The number of thiazole rings is 1. The summed E-state index contributed by atoms with van der Waals surface area (Å²) in [6.45, 7) is 4.32. The standard InChI is InChI=1S/C16H21N3OS/c1-3-5-8-11(4-2)14-13(15(17)20)19-16(21-14)12-9-6-7-10-18-12/h6-7,9-11H,3-5,8H2,1-2H3,(H2,17,20). The predicted molar refractivity (Wildman–Crippen MR) is 86.4 cm³/mol. The average molecular weight is 303 g/mol. The van der Waals surface area contributed by atoms with E-state index in [1.54, 1.807) is 17.5 Å². The Bertz CT molecular complexity index is 595. The molecule has 0 aliphatic heterocycles. The molecule has 21 heavy (non-hydrogen) atoms. The summed E-state index contributed by atoms with van der Waals surface area (Å²) < 4.78 is 0. The maximum absolute atomic E-state index is 11.7. The van der Waals surface area contributed by atoms with Gasteiger partial charge in [0.15, 0.2) is 0 Å². The van der Waals surface area contributed by atoms with E-state index in [1.165, 1.54) is 0 Å². The molecule has 0 aliphatic rings. The van der Waals surface area contributed by atoms with Crippen LogP contribution in [0.3, 0.4) is 0 Å². The van der Waals surface area contributed by atoms with Crippen LogP contribution in [0.2, 0.25) is 0 Å². The average Bonchev–Trinajstić information content (AvgIpc) is 2.94. The lowest BCUT2D eigenvalue weighted by atomic mass is 9.96. The van der Waals surface area contributed by atoms with Crippen LogP contribution in [0.15, 0.2) is 24.4 Å². The molecule has 0 aliphatic carbocycles. The van der Waals surface area contributed by atoms with Gasteiger partial charge in [0, 0.05) is 11.1 Å². The van der Waals surface area contributed by atoms with Crippen LogP contribution >= 0.6 is 11.3 Å². The van der Waals surface area contributed by atoms with E-state index in [0.717, 1.165) is 41.3 Å². The number of rotatable bonds is 7. The van der Waals surface area contributed by atoms with Gasteiger partial charge >= 0.3 is 0 Å². The van der Waals surface area contributed by atoms with Crippen molar-refractivity contribution in [3.8, 4) is 10.7 Å². The van der Waals surface area contributed by atoms with Gasteiger partial charge in [-0.05, 0) is 30.9 Å². The Morgan fingerprint density at radius 2 is 2.19 bits per heavy atom. The van der Waals surface area contributed by atoms with E-state index >= 15 is 0 Å². The molecule has 1 unspecified atom stereocenters. The van der Waals surface area contributed by atoms with Gasteiger partial charge < -0.3 is 5.73 Å². The molecule has 0 saturated heterocycles. The van der Waals surface area contributed by atoms with Gasteiger partial charge in [0.05, 0.1) is 5.69 Å². The molecule has 2 aromatic rings. The van der Waals surface area contributed by atoms with Crippen molar-refractivity contribution in [1.29, 1.82) is 0 Å². The molecule has 0 bridgehead atoms. The van der Waals surface area contributed by atoms with Crippen molar-refractivity contribution in [3.63, 3.8) is 0 Å². The Balaban J connectivity index is 2.39. The van der Waals surface area contributed by atoms with Gasteiger partial charge in [-0.15, -0.1) is 11.3 Å². The molecule has 0 aromatic carbocycles. The second-order valence-electron chi connectivity index (χ2n) is 5.06. The molecule has 2 N–H and O–H groups in total. The van der Waals surface area contributed by atoms with E-state index in [9.17, 15) is 4.79 Å². The molecular weight excluding hydrogens is 282 g/mol. The molecule has 2 aromatic heterocycles. The minimum atomic E-state index is -0.446. The number of unbranched alkanes of at least 4 members (excludes halogenated alkanes) is 1. The minimum absolute atomic E-state index is 0.349. The summed E-state index contributed by atoms with van der Waals surface area (Å²) in [4.78, 5) is 21.5. The molecule has 4 nitrogen and oxygen atoms in total. The molecule has 0 radical (unpaired) electrons. The zero-order chi connectivity index (χ0) is 15.2. The van der Waals surface area contributed by atoms with E-state index in [0.29, 0.717) is 11.6 Å². The molecular formula is C16H21N3OS. The fourth-order valence-corrected chi connectivity index (χ4v) is 3.62. The maximum Gasteiger partial charge on any atom is 0.268 e. The Kier molecular flexibility index (Phi) is 5.44. The van der Waals surface area contributed by atoms with Crippen LogP contribution in [0.1, 0.15) is 60.8 Å². The number of nitrogens with zero attached hydrogens (tertiary/aromatic N) is 2. The van der Waals surface area contributed by atoms with Gasteiger partial charge in [-0.2, -0.15) is 0 Å². The number of nitrogens with two attached hydrogens (primary N) is 1. The van der Waals surface area contributed by atoms with Crippen molar-refractivity contribution in [2.75, 3.05) is 0 Å². The van der Waals surface area contributed by atoms with Gasteiger partial charge in [-0.25, -0.2) is 4.98 Å². The van der Waals surface area contributed by atoms with Crippen molar-refractivity contribution in [1.82, 2.24) is 9.97 Å². The highest BCUT2D eigenvalue weighted by Gasteiger charge is 2.23. The largest absolute Gasteiger partial charge is 0.364 e. The van der Waals surface area contributed by atoms with Gasteiger partial charge in [0.25, 0.3) is 5.91 Å². The highest BCUT2D eigenvalue weighted by molar-refractivity contribution is 7.15. The summed E-state index contributed by atoms with van der Waals surface area (Å²) in [7, 11) is 0. The first-order valence-electron chi connectivity index (χ1n) is 7.39. The molecule has 0 spiro atoms. The molecule has 112 valence electrons. The quantitative estimate of drug-likeness (QED) is 0.841. The van der Waals surface area contributed by atoms with Crippen LogP contribution in [0.4, 0.5) is 0 Å². The van der Waals surface area contributed by atoms with E-state index in [2.05, 4.69) is 23.8 Å². The molecule has 0 fully saturated rings. The molecule has 1 amide bonds. The van der Waals surface area contributed by atoms with Crippen molar-refractivity contribution >= 4 is 17.2 Å². The van der Waals surface area contributed by atoms with E-state index < -0.39 is 5.91 Å². The maximum atomic E-state index is 11.7. The summed E-state index contributed by atoms with van der Waals surface area (Å²) >= 11 is 1.55. The molecule has 2 heterocycles. The highest BCUT2D eigenvalue weighted by atomic mass is 32.1. The number of pyridine rings is 1. The number of carbonyl (C=O) groups is 1. The normalized spacial score (nSPS) is 12.3. The monoisotopic (exact) mass is 303 g/mol. The zero-order valence-corrected chi connectivity index (χ0v) is 13.3. The van der Waals surface area contributed by atoms with Crippen LogP contribution in [0.5, 0.6) is 0 Å². The Hall–Kier alpha value is -1.75. The second kappa shape index (κ2) is 7.31. The number of carbonyl (C=O) groups excluding carboxylic acids is 1. The van der Waals surface area contributed by atoms with Crippen LogP contribution in [-0.2, 0) is 0 Å². The summed E-state index contributed by atoms with van der Waals surface area (Å²) in [5.74, 6) is -0.0965. The number of hydrogen-bond donors (Lipinski definition) is 1. The van der Waals surface area contributed by atoms with E-state index in [-0.39, 0.29) is 0 Å². The predicted octanol–water partition coefficient (Wildman–Crippen LogP) is 3.99. The van der Waals surface area contributed by atoms with Gasteiger partial charge in [-0.1, -0.05) is 32.8 Å². The van der Waals surface area contributed by atoms with Crippen LogP contribution < -0.4 is 5.73 Å². The minimum Gasteiger partial charge on any atom is -0.364 e. The lowest BCUT2D eigenvalue weighted by Gasteiger charge is -2.12. The van der Waals surface area contributed by atoms with Crippen molar-refractivity contribution in [3.05, 3.63) is 35.0 Å². The number of amides is 1. The number of primary amides is 1. The topological polar surface area (TPSA) is 68.9 Å². The van der Waals surface area contributed by atoms with E-state index in [4.69, 9.17) is 5.73 Å². The third kappa shape index (κ3) is 3.67. The van der Waals surface area contributed by atoms with Crippen molar-refractivity contribution in [2.45, 2.75) is 45.4 Å². The van der Waals surface area contributed by atoms with Crippen molar-refractivity contribution in [2.24, 2.45) is 5.73 Å². The van der Waals surface area contributed by atoms with Crippen LogP contribution in [-0.4, -0.2) is 15.9 Å². The molecule has 5 heteroatoms. The zero-order valence-electron chi connectivity index (χ0n) is 12.5. The summed E-state index contributed by atoms with van der Waals surface area (Å²) in [6.07, 6.45) is 6.08. The SMILES string of the molecule is CCCCC(CC)c1sc(-c2ccccn2)nc1C(N)=O. The first-order valence-corrected chi connectivity index (χ1v) is 8.20. The van der Waals surface area contributed by atoms with Gasteiger partial charge in [0.1, 0.15) is 10.7 Å². The van der Waals surface area contributed by atoms with Crippen LogP contribution in [0.25, 0.3) is 10.7 Å². The first kappa shape index (κ1) is 15.6. The molecule has 2 rings (SSSR count). The van der Waals surface area contributed by atoms with Crippen LogP contribution in [0, 0.1) is 0 Å². The highest BCUT2D eigenvalue weighted by Crippen LogP contribution is 2.36. The Morgan fingerprint density at radius 3 is 2.76 bits per heavy atom. The molecule has 0 saturated carbocycles. The summed E-state index contributed by atoms with van der Waals surface area (Å²) in [6, 6.07) is 5.69. The lowest BCUT2D eigenvalue weighted by Crippen LogP contribution is -2.15. The lowest BCUT2D eigenvalue weighted by molar-refractivity contribution is 0.0995. The Morgan fingerprint density at radius 1 is 1.38 bits per heavy atom. The number of aromatic nitrogens is 2. The summed E-state index contributed by atoms with van der Waals surface area (Å²) in [5, 5.41) is 0.773. The molecule has 1 atom stereocenters. The van der Waals surface area contributed by atoms with Crippen molar-refractivity contribution < 1.29 is 4.79 Å². The fraction of sp³-hybridized carbons (Fsp3) is 0.438. The smallest absolute Gasteiger partial charge is 0.268 e. The summed E-state index contributed by atoms with van der Waals surface area (Å²) in [5.41, 5.74) is 6.73. The first-order chi connectivity index (χ1) is 10.2. The van der Waals surface area contributed by atoms with E-state index in [1.807, 2.05) is 18.2 Å². The number of hydrogen-bond acceptors (Lipinski definition) is 4. The van der Waals surface area contributed by atoms with Gasteiger partial charge in [-0.3, -0.25) is 9.78 Å². The third-order valence-electron chi connectivity index (χ3n) is 3.54. The third-order valence-corrected chi connectivity index (χ3v) is 4.78. The van der Waals surface area contributed by atoms with Gasteiger partial charge in [0.2, 0.25) is 0 Å². The fourth-order valence-electron chi connectivity index (χ4n) is 2.36.